The van der Waals surface area contributed by atoms with Crippen LogP contribution in [0.4, 0.5) is 0 Å². The maximum atomic E-state index is 11.5. The largest absolute Gasteiger partial charge is 0.465 e. The van der Waals surface area contributed by atoms with Crippen molar-refractivity contribution in [3.63, 3.8) is 0 Å². The number of hydrogen-bond acceptors (Lipinski definition) is 4. The van der Waals surface area contributed by atoms with Crippen LogP contribution < -0.4 is 0 Å². The molecule has 1 aromatic rings. The first-order valence-electron chi connectivity index (χ1n) is 7.27. The quantitative estimate of drug-likeness (QED) is 0.766. The summed E-state index contributed by atoms with van der Waals surface area (Å²) in [6.07, 6.45) is 2.14. The number of nitrogens with zero attached hydrogens (tertiary/aromatic N) is 2. The van der Waals surface area contributed by atoms with Crippen LogP contribution in [0.1, 0.15) is 22.3 Å². The highest BCUT2D eigenvalue weighted by atomic mass is 16.5. The second-order valence-electron chi connectivity index (χ2n) is 5.44. The molecule has 1 aliphatic heterocycles. The van der Waals surface area contributed by atoms with Crippen LogP contribution >= 0.6 is 0 Å². The number of piperazine rings is 1. The minimum Gasteiger partial charge on any atom is -0.465 e. The summed E-state index contributed by atoms with van der Waals surface area (Å²) < 4.78 is 4.75. The van der Waals surface area contributed by atoms with E-state index in [0.29, 0.717) is 5.56 Å². The molecule has 1 aliphatic rings. The maximum Gasteiger partial charge on any atom is 0.337 e. The number of carbonyl (C=O) groups is 1. The molecule has 0 radical (unpaired) electrons. The molecule has 110 valence electrons. The molecule has 0 aromatic heterocycles. The van der Waals surface area contributed by atoms with Crippen molar-refractivity contribution in [3.8, 4) is 0 Å². The summed E-state index contributed by atoms with van der Waals surface area (Å²) in [7, 11) is 3.60. The Morgan fingerprint density at radius 2 is 2.00 bits per heavy atom. The second kappa shape index (κ2) is 7.41. The van der Waals surface area contributed by atoms with Crippen molar-refractivity contribution < 1.29 is 9.53 Å². The zero-order valence-electron chi connectivity index (χ0n) is 12.5. The third-order valence-corrected chi connectivity index (χ3v) is 3.88. The van der Waals surface area contributed by atoms with Crippen LogP contribution in [0, 0.1) is 0 Å². The van der Waals surface area contributed by atoms with Gasteiger partial charge in [-0.15, -0.1) is 0 Å². The highest BCUT2D eigenvalue weighted by molar-refractivity contribution is 5.89. The summed E-state index contributed by atoms with van der Waals surface area (Å²) in [5.41, 5.74) is 1.85. The van der Waals surface area contributed by atoms with Gasteiger partial charge in [0.25, 0.3) is 0 Å². The fourth-order valence-electron chi connectivity index (χ4n) is 2.55. The summed E-state index contributed by atoms with van der Waals surface area (Å²) in [6.45, 7) is 5.79. The van der Waals surface area contributed by atoms with Gasteiger partial charge in [-0.25, -0.2) is 4.79 Å². The first-order chi connectivity index (χ1) is 9.69. The molecule has 0 amide bonds. The average Bonchev–Trinajstić information content (AvgIpc) is 2.49. The fourth-order valence-corrected chi connectivity index (χ4v) is 2.55. The van der Waals surface area contributed by atoms with Crippen molar-refractivity contribution in [2.24, 2.45) is 0 Å². The van der Waals surface area contributed by atoms with Gasteiger partial charge in [-0.2, -0.15) is 0 Å². The molecule has 1 fully saturated rings. The molecule has 1 heterocycles. The number of aryl methyl sites for hydroxylation is 1. The Balaban J connectivity index is 1.78. The van der Waals surface area contributed by atoms with Crippen molar-refractivity contribution in [1.29, 1.82) is 0 Å². The highest BCUT2D eigenvalue weighted by Crippen LogP contribution is 2.10. The minimum atomic E-state index is -0.258. The first kappa shape index (κ1) is 15.0. The average molecular weight is 276 g/mol. The summed E-state index contributed by atoms with van der Waals surface area (Å²) in [4.78, 5) is 16.4. The number of rotatable bonds is 5. The third kappa shape index (κ3) is 4.32. The first-order valence-corrected chi connectivity index (χ1v) is 7.27. The Kier molecular flexibility index (Phi) is 5.56. The number of benzene rings is 1. The molecule has 0 unspecified atom stereocenters. The van der Waals surface area contributed by atoms with E-state index in [4.69, 9.17) is 4.74 Å². The van der Waals surface area contributed by atoms with Crippen LogP contribution in [0.2, 0.25) is 0 Å². The van der Waals surface area contributed by atoms with Crippen LogP contribution in [0.3, 0.4) is 0 Å². The topological polar surface area (TPSA) is 32.8 Å². The number of hydrogen-bond donors (Lipinski definition) is 0. The van der Waals surface area contributed by atoms with Crippen LogP contribution in [0.15, 0.2) is 24.3 Å². The minimum absolute atomic E-state index is 0.258. The van der Waals surface area contributed by atoms with Crippen molar-refractivity contribution in [1.82, 2.24) is 9.80 Å². The van der Waals surface area contributed by atoms with E-state index >= 15 is 0 Å². The lowest BCUT2D eigenvalue weighted by Gasteiger charge is -2.32. The van der Waals surface area contributed by atoms with Crippen molar-refractivity contribution in [2.75, 3.05) is 46.9 Å². The number of methoxy groups -OCH3 is 1. The van der Waals surface area contributed by atoms with Crippen LogP contribution in [0.5, 0.6) is 0 Å². The van der Waals surface area contributed by atoms with Crippen molar-refractivity contribution >= 4 is 5.97 Å². The van der Waals surface area contributed by atoms with Gasteiger partial charge in [0.1, 0.15) is 0 Å². The molecule has 0 saturated carbocycles. The lowest BCUT2D eigenvalue weighted by atomic mass is 10.1. The summed E-state index contributed by atoms with van der Waals surface area (Å²) in [5.74, 6) is -0.258. The van der Waals surface area contributed by atoms with Gasteiger partial charge in [0, 0.05) is 26.2 Å². The monoisotopic (exact) mass is 276 g/mol. The van der Waals surface area contributed by atoms with Gasteiger partial charge in [0.05, 0.1) is 12.7 Å². The van der Waals surface area contributed by atoms with Gasteiger partial charge >= 0.3 is 5.97 Å². The lowest BCUT2D eigenvalue weighted by molar-refractivity contribution is 0.0600. The van der Waals surface area contributed by atoms with E-state index in [0.717, 1.165) is 32.5 Å². The predicted octanol–water partition coefficient (Wildman–Crippen LogP) is 1.65. The van der Waals surface area contributed by atoms with Crippen molar-refractivity contribution in [3.05, 3.63) is 35.4 Å². The molecule has 0 atom stereocenters. The van der Waals surface area contributed by atoms with Gasteiger partial charge in [0.15, 0.2) is 0 Å². The Labute approximate surface area is 121 Å². The fraction of sp³-hybridized carbons (Fsp3) is 0.562. The molecule has 1 saturated heterocycles. The zero-order chi connectivity index (χ0) is 14.4. The van der Waals surface area contributed by atoms with Gasteiger partial charge in [-0.3, -0.25) is 0 Å². The van der Waals surface area contributed by atoms with Gasteiger partial charge in [0.2, 0.25) is 0 Å². The number of esters is 1. The third-order valence-electron chi connectivity index (χ3n) is 3.88. The summed E-state index contributed by atoms with van der Waals surface area (Å²) in [6, 6.07) is 7.75. The van der Waals surface area contributed by atoms with Crippen molar-refractivity contribution in [2.45, 2.75) is 12.8 Å². The molecule has 20 heavy (non-hydrogen) atoms. The predicted molar refractivity (Wildman–Crippen MR) is 80.0 cm³/mol. The Morgan fingerprint density at radius 1 is 1.25 bits per heavy atom. The maximum absolute atomic E-state index is 11.5. The molecule has 0 N–H and O–H groups in total. The Morgan fingerprint density at radius 3 is 2.70 bits per heavy atom. The number of likely N-dealkylation sites (N-methyl/N-ethyl adjacent to an activating group) is 1. The van der Waals surface area contributed by atoms with E-state index < -0.39 is 0 Å². The number of ether oxygens (including phenoxy) is 1. The van der Waals surface area contributed by atoms with Gasteiger partial charge in [-0.05, 0) is 44.1 Å². The van der Waals surface area contributed by atoms with Crippen LogP contribution in [0.25, 0.3) is 0 Å². The summed E-state index contributed by atoms with van der Waals surface area (Å²) in [5, 5.41) is 0. The smallest absolute Gasteiger partial charge is 0.337 e. The molecule has 4 nitrogen and oxygen atoms in total. The van der Waals surface area contributed by atoms with E-state index in [-0.39, 0.29) is 5.97 Å². The van der Waals surface area contributed by atoms with E-state index in [1.165, 1.54) is 25.8 Å². The molecular weight excluding hydrogens is 252 g/mol. The van der Waals surface area contributed by atoms with Gasteiger partial charge in [-0.1, -0.05) is 12.1 Å². The molecule has 2 rings (SSSR count). The van der Waals surface area contributed by atoms with Gasteiger partial charge < -0.3 is 14.5 Å². The molecule has 0 bridgehead atoms. The molecular formula is C16H24N2O2. The highest BCUT2D eigenvalue weighted by Gasteiger charge is 2.13. The number of carbonyl (C=O) groups excluding carboxylic acids is 1. The van der Waals surface area contributed by atoms with E-state index in [2.05, 4.69) is 22.9 Å². The van der Waals surface area contributed by atoms with E-state index in [1.807, 2.05) is 12.1 Å². The Bertz CT molecular complexity index is 440. The molecule has 4 heteroatoms. The normalized spacial score (nSPS) is 17.1. The Hall–Kier alpha value is -1.39. The SMILES string of the molecule is COC(=O)c1cccc(CCCN2CCN(C)CC2)c1. The molecule has 1 aromatic carbocycles. The zero-order valence-corrected chi connectivity index (χ0v) is 12.5. The molecule has 0 spiro atoms. The summed E-state index contributed by atoms with van der Waals surface area (Å²) >= 11 is 0. The lowest BCUT2D eigenvalue weighted by Crippen LogP contribution is -2.44. The van der Waals surface area contributed by atoms with E-state index in [1.54, 1.807) is 6.07 Å². The van der Waals surface area contributed by atoms with E-state index in [9.17, 15) is 4.79 Å². The standard InChI is InChI=1S/C16H24N2O2/c1-17-9-11-18(12-10-17)8-4-6-14-5-3-7-15(13-14)16(19)20-2/h3,5,7,13H,4,6,8-12H2,1-2H3. The second-order valence-corrected chi connectivity index (χ2v) is 5.44. The molecule has 0 aliphatic carbocycles. The van der Waals surface area contributed by atoms with Crippen LogP contribution in [-0.4, -0.2) is 62.7 Å². The van der Waals surface area contributed by atoms with Crippen LogP contribution in [-0.2, 0) is 11.2 Å².